The van der Waals surface area contributed by atoms with Crippen LogP contribution in [0.5, 0.6) is 0 Å². The third kappa shape index (κ3) is 7.33. The van der Waals surface area contributed by atoms with Crippen LogP contribution in [0.3, 0.4) is 0 Å². The minimum Gasteiger partial charge on any atom is -0.381 e. The van der Waals surface area contributed by atoms with E-state index in [0.29, 0.717) is 18.9 Å². The molecule has 3 heteroatoms. The van der Waals surface area contributed by atoms with Crippen molar-refractivity contribution in [3.05, 3.63) is 0 Å². The van der Waals surface area contributed by atoms with Crippen molar-refractivity contribution in [2.24, 2.45) is 5.92 Å². The van der Waals surface area contributed by atoms with Gasteiger partial charge in [-0.25, -0.2) is 0 Å². The molecular weight excluding hydrogens is 142 g/mol. The van der Waals surface area contributed by atoms with E-state index in [1.54, 1.807) is 7.05 Å². The molecule has 0 saturated heterocycles. The first-order chi connectivity index (χ1) is 5.16. The van der Waals surface area contributed by atoms with E-state index in [1.165, 1.54) is 0 Å². The van der Waals surface area contributed by atoms with Crippen molar-refractivity contribution in [2.75, 3.05) is 20.3 Å². The maximum Gasteiger partial charge on any atom is 0.222 e. The van der Waals surface area contributed by atoms with Gasteiger partial charge in [-0.3, -0.25) is 4.79 Å². The summed E-state index contributed by atoms with van der Waals surface area (Å²) in [6.45, 7) is 5.43. The molecule has 1 amide bonds. The van der Waals surface area contributed by atoms with Crippen LogP contribution in [-0.2, 0) is 9.53 Å². The van der Waals surface area contributed by atoms with Crippen molar-refractivity contribution < 1.29 is 9.53 Å². The smallest absolute Gasteiger partial charge is 0.222 e. The highest BCUT2D eigenvalue weighted by Crippen LogP contribution is 1.92. The Morgan fingerprint density at radius 1 is 1.55 bits per heavy atom. The predicted octanol–water partition coefficient (Wildman–Crippen LogP) is 0.795. The molecule has 0 rings (SSSR count). The van der Waals surface area contributed by atoms with Crippen LogP contribution in [0.4, 0.5) is 0 Å². The van der Waals surface area contributed by atoms with Crippen LogP contribution in [0.2, 0.25) is 0 Å². The second-order valence-electron chi connectivity index (χ2n) is 2.89. The summed E-state index contributed by atoms with van der Waals surface area (Å²) in [5, 5.41) is 2.53. The Morgan fingerprint density at radius 2 is 2.18 bits per heavy atom. The van der Waals surface area contributed by atoms with Crippen LogP contribution in [-0.4, -0.2) is 26.2 Å². The van der Waals surface area contributed by atoms with E-state index in [-0.39, 0.29) is 5.91 Å². The Balaban J connectivity index is 3.08. The lowest BCUT2D eigenvalue weighted by atomic mass is 10.2. The second-order valence-corrected chi connectivity index (χ2v) is 2.89. The molecule has 0 aromatic carbocycles. The number of hydrogen-bond donors (Lipinski definition) is 1. The SMILES string of the molecule is CNC(=O)CCOCC(C)C. The second kappa shape index (κ2) is 6.16. The molecule has 1 N–H and O–H groups in total. The van der Waals surface area contributed by atoms with E-state index >= 15 is 0 Å². The summed E-state index contributed by atoms with van der Waals surface area (Å²) in [5.74, 6) is 0.577. The minimum absolute atomic E-state index is 0.0359. The first-order valence-corrected chi connectivity index (χ1v) is 3.95. The molecule has 0 aliphatic rings. The quantitative estimate of drug-likeness (QED) is 0.602. The lowest BCUT2D eigenvalue weighted by Crippen LogP contribution is -2.19. The van der Waals surface area contributed by atoms with E-state index in [0.717, 1.165) is 6.61 Å². The topological polar surface area (TPSA) is 38.3 Å². The largest absolute Gasteiger partial charge is 0.381 e. The molecule has 0 radical (unpaired) electrons. The molecule has 0 saturated carbocycles. The zero-order valence-electron chi connectivity index (χ0n) is 7.52. The Bertz CT molecular complexity index is 113. The van der Waals surface area contributed by atoms with Gasteiger partial charge in [0.1, 0.15) is 0 Å². The van der Waals surface area contributed by atoms with Crippen molar-refractivity contribution >= 4 is 5.91 Å². The molecule has 0 fully saturated rings. The summed E-state index contributed by atoms with van der Waals surface area (Å²) in [6, 6.07) is 0. The molecule has 11 heavy (non-hydrogen) atoms. The van der Waals surface area contributed by atoms with Crippen LogP contribution in [0.1, 0.15) is 20.3 Å². The molecule has 0 bridgehead atoms. The first-order valence-electron chi connectivity index (χ1n) is 3.95. The standard InChI is InChI=1S/C8H17NO2/c1-7(2)6-11-5-4-8(10)9-3/h7H,4-6H2,1-3H3,(H,9,10). The summed E-state index contributed by atoms with van der Waals surface area (Å²) < 4.78 is 5.21. The molecule has 0 unspecified atom stereocenters. The Kier molecular flexibility index (Phi) is 5.84. The summed E-state index contributed by atoms with van der Waals surface area (Å²) in [4.78, 5) is 10.7. The number of hydrogen-bond acceptors (Lipinski definition) is 2. The zero-order valence-corrected chi connectivity index (χ0v) is 7.52. The zero-order chi connectivity index (χ0) is 8.69. The molecule has 0 spiro atoms. The monoisotopic (exact) mass is 159 g/mol. The van der Waals surface area contributed by atoms with Crippen LogP contribution in [0.25, 0.3) is 0 Å². The fourth-order valence-electron chi connectivity index (χ4n) is 0.609. The Morgan fingerprint density at radius 3 is 2.64 bits per heavy atom. The van der Waals surface area contributed by atoms with Crippen molar-refractivity contribution in [2.45, 2.75) is 20.3 Å². The van der Waals surface area contributed by atoms with E-state index < -0.39 is 0 Å². The summed E-state index contributed by atoms with van der Waals surface area (Å²) in [6.07, 6.45) is 0.462. The normalized spacial score (nSPS) is 10.2. The molecule has 3 nitrogen and oxygen atoms in total. The van der Waals surface area contributed by atoms with Gasteiger partial charge >= 0.3 is 0 Å². The van der Waals surface area contributed by atoms with Crippen LogP contribution >= 0.6 is 0 Å². The van der Waals surface area contributed by atoms with Crippen molar-refractivity contribution in [1.82, 2.24) is 5.32 Å². The van der Waals surface area contributed by atoms with Gasteiger partial charge in [0.15, 0.2) is 0 Å². The van der Waals surface area contributed by atoms with E-state index in [4.69, 9.17) is 4.74 Å². The first kappa shape index (κ1) is 10.4. The molecular formula is C8H17NO2. The van der Waals surface area contributed by atoms with Crippen molar-refractivity contribution in [3.63, 3.8) is 0 Å². The average Bonchev–Trinajstić information content (AvgIpc) is 1.97. The van der Waals surface area contributed by atoms with Gasteiger partial charge in [0, 0.05) is 20.1 Å². The average molecular weight is 159 g/mol. The van der Waals surface area contributed by atoms with Gasteiger partial charge in [0.05, 0.1) is 6.61 Å². The molecule has 0 heterocycles. The fourth-order valence-corrected chi connectivity index (χ4v) is 0.609. The summed E-state index contributed by atoms with van der Waals surface area (Å²) >= 11 is 0. The molecule has 0 atom stereocenters. The van der Waals surface area contributed by atoms with Gasteiger partial charge in [-0.05, 0) is 5.92 Å². The summed E-state index contributed by atoms with van der Waals surface area (Å²) in [5.41, 5.74) is 0. The highest BCUT2D eigenvalue weighted by molar-refractivity contribution is 5.75. The van der Waals surface area contributed by atoms with E-state index in [2.05, 4.69) is 19.2 Å². The molecule has 0 aromatic rings. The van der Waals surface area contributed by atoms with Crippen molar-refractivity contribution in [3.8, 4) is 0 Å². The van der Waals surface area contributed by atoms with Gasteiger partial charge in [-0.2, -0.15) is 0 Å². The van der Waals surface area contributed by atoms with E-state index in [9.17, 15) is 4.79 Å². The predicted molar refractivity (Wildman–Crippen MR) is 44.3 cm³/mol. The van der Waals surface area contributed by atoms with E-state index in [1.807, 2.05) is 0 Å². The van der Waals surface area contributed by atoms with Gasteiger partial charge in [0.25, 0.3) is 0 Å². The fraction of sp³-hybridized carbons (Fsp3) is 0.875. The number of rotatable bonds is 5. The maximum atomic E-state index is 10.7. The van der Waals surface area contributed by atoms with Gasteiger partial charge < -0.3 is 10.1 Å². The highest BCUT2D eigenvalue weighted by Gasteiger charge is 1.97. The third-order valence-electron chi connectivity index (χ3n) is 1.20. The molecule has 0 aliphatic carbocycles. The number of amides is 1. The lowest BCUT2D eigenvalue weighted by Gasteiger charge is -2.05. The van der Waals surface area contributed by atoms with Gasteiger partial charge in [0.2, 0.25) is 5.91 Å². The number of nitrogens with one attached hydrogen (secondary N) is 1. The number of carbonyl (C=O) groups is 1. The Hall–Kier alpha value is -0.570. The third-order valence-corrected chi connectivity index (χ3v) is 1.20. The van der Waals surface area contributed by atoms with Crippen molar-refractivity contribution in [1.29, 1.82) is 0 Å². The van der Waals surface area contributed by atoms with Gasteiger partial charge in [-0.1, -0.05) is 13.8 Å². The number of carbonyl (C=O) groups excluding carboxylic acids is 1. The molecule has 66 valence electrons. The highest BCUT2D eigenvalue weighted by atomic mass is 16.5. The number of ether oxygens (including phenoxy) is 1. The molecule has 0 aliphatic heterocycles. The summed E-state index contributed by atoms with van der Waals surface area (Å²) in [7, 11) is 1.63. The molecule has 0 aromatic heterocycles. The van der Waals surface area contributed by atoms with Crippen LogP contribution < -0.4 is 5.32 Å². The van der Waals surface area contributed by atoms with Crippen LogP contribution in [0, 0.1) is 5.92 Å². The van der Waals surface area contributed by atoms with Crippen LogP contribution in [0.15, 0.2) is 0 Å². The lowest BCUT2D eigenvalue weighted by molar-refractivity contribution is -0.121. The Labute approximate surface area is 68.1 Å². The maximum absolute atomic E-state index is 10.7. The minimum atomic E-state index is 0.0359. The van der Waals surface area contributed by atoms with Gasteiger partial charge in [-0.15, -0.1) is 0 Å².